The fourth-order valence-electron chi connectivity index (χ4n) is 3.52. The molecule has 0 unspecified atom stereocenters. The van der Waals surface area contributed by atoms with Crippen LogP contribution in [0.15, 0.2) is 59.1 Å². The molecule has 1 aromatic heterocycles. The number of amides is 1. The lowest BCUT2D eigenvalue weighted by Crippen LogP contribution is -2.46. The smallest absolute Gasteiger partial charge is 0.237 e. The van der Waals surface area contributed by atoms with Gasteiger partial charge >= 0.3 is 0 Å². The Morgan fingerprint density at radius 2 is 2.04 bits per heavy atom. The molecule has 0 bridgehead atoms. The van der Waals surface area contributed by atoms with Crippen molar-refractivity contribution in [1.29, 1.82) is 0 Å². The van der Waals surface area contributed by atoms with Gasteiger partial charge in [-0.1, -0.05) is 41.6 Å². The molecule has 2 aromatic carbocycles. The van der Waals surface area contributed by atoms with Crippen molar-refractivity contribution in [2.45, 2.75) is 32.5 Å². The average Bonchev–Trinajstić information content (AvgIpc) is 3.20. The van der Waals surface area contributed by atoms with Crippen LogP contribution in [-0.2, 0) is 24.3 Å². The van der Waals surface area contributed by atoms with Crippen LogP contribution in [0.2, 0.25) is 0 Å². The van der Waals surface area contributed by atoms with Crippen molar-refractivity contribution in [1.82, 2.24) is 15.4 Å². The fourth-order valence-corrected chi connectivity index (χ4v) is 3.52. The van der Waals surface area contributed by atoms with Crippen LogP contribution < -0.4 is 5.32 Å². The molecular weight excluding hydrogens is 357 g/mol. The fraction of sp³-hybridized carbons (Fsp3) is 0.273. The zero-order chi connectivity index (χ0) is 19.5. The number of aromatic nitrogens is 1. The van der Waals surface area contributed by atoms with Gasteiger partial charge in [-0.15, -0.1) is 0 Å². The highest BCUT2D eigenvalue weighted by molar-refractivity contribution is 5.81. The van der Waals surface area contributed by atoms with Gasteiger partial charge in [0.05, 0.1) is 12.6 Å². The Kier molecular flexibility index (Phi) is 5.21. The average molecular weight is 379 g/mol. The van der Waals surface area contributed by atoms with Crippen LogP contribution in [0.1, 0.15) is 23.8 Å². The highest BCUT2D eigenvalue weighted by Crippen LogP contribution is 2.21. The zero-order valence-electron chi connectivity index (χ0n) is 15.7. The summed E-state index contributed by atoms with van der Waals surface area (Å²) in [5, 5.41) is 6.87. The molecule has 0 radical (unpaired) electrons. The molecule has 0 saturated heterocycles. The van der Waals surface area contributed by atoms with Gasteiger partial charge in [0.1, 0.15) is 11.5 Å². The Labute approximate surface area is 163 Å². The lowest BCUT2D eigenvalue weighted by Gasteiger charge is -2.32. The summed E-state index contributed by atoms with van der Waals surface area (Å²) in [5.74, 6) is 0.152. The Morgan fingerprint density at radius 1 is 1.21 bits per heavy atom. The first-order valence-corrected chi connectivity index (χ1v) is 9.40. The van der Waals surface area contributed by atoms with E-state index >= 15 is 0 Å². The van der Waals surface area contributed by atoms with Gasteiger partial charge in [-0.05, 0) is 36.6 Å². The number of fused-ring (bicyclic) bond motifs is 1. The molecule has 0 fully saturated rings. The van der Waals surface area contributed by atoms with Gasteiger partial charge in [0, 0.05) is 24.7 Å². The van der Waals surface area contributed by atoms with Crippen LogP contribution >= 0.6 is 0 Å². The maximum Gasteiger partial charge on any atom is 0.237 e. The number of hydrogen-bond acceptors (Lipinski definition) is 4. The van der Waals surface area contributed by atoms with Gasteiger partial charge in [0.15, 0.2) is 5.76 Å². The van der Waals surface area contributed by atoms with Crippen LogP contribution in [-0.4, -0.2) is 28.6 Å². The molecule has 1 aliphatic rings. The first-order chi connectivity index (χ1) is 13.6. The SMILES string of the molecule is C[C@@H](C(=O)NCc1cc(-c2cccc(F)c2)no1)N1CCc2ccccc2C1. The van der Waals surface area contributed by atoms with E-state index < -0.39 is 0 Å². The standard InChI is InChI=1S/C22H22FN3O2/c1-15(26-10-9-16-5-2-3-6-18(16)14-26)22(27)24-13-20-12-21(25-28-20)17-7-4-8-19(23)11-17/h2-8,11-12,15H,9-10,13-14H2,1H3,(H,24,27)/t15-/m0/s1. The Morgan fingerprint density at radius 3 is 2.86 bits per heavy atom. The van der Waals surface area contributed by atoms with Crippen molar-refractivity contribution < 1.29 is 13.7 Å². The molecule has 2 heterocycles. The van der Waals surface area contributed by atoms with Crippen molar-refractivity contribution in [2.24, 2.45) is 0 Å². The first kappa shape index (κ1) is 18.4. The summed E-state index contributed by atoms with van der Waals surface area (Å²) in [7, 11) is 0. The number of nitrogens with zero attached hydrogens (tertiary/aromatic N) is 2. The number of carbonyl (C=O) groups excluding carboxylic acids is 1. The van der Waals surface area contributed by atoms with Crippen molar-refractivity contribution in [2.75, 3.05) is 6.54 Å². The summed E-state index contributed by atoms with van der Waals surface area (Å²) in [6, 6.07) is 16.0. The first-order valence-electron chi connectivity index (χ1n) is 9.40. The van der Waals surface area contributed by atoms with E-state index in [1.807, 2.05) is 13.0 Å². The summed E-state index contributed by atoms with van der Waals surface area (Å²) in [5.41, 5.74) is 3.83. The molecule has 0 saturated carbocycles. The lowest BCUT2D eigenvalue weighted by molar-refractivity contribution is -0.126. The van der Waals surface area contributed by atoms with Crippen LogP contribution in [0.3, 0.4) is 0 Å². The highest BCUT2D eigenvalue weighted by atomic mass is 19.1. The van der Waals surface area contributed by atoms with Gasteiger partial charge in [-0.25, -0.2) is 4.39 Å². The zero-order valence-corrected chi connectivity index (χ0v) is 15.7. The van der Waals surface area contributed by atoms with Crippen molar-refractivity contribution >= 4 is 5.91 Å². The van der Waals surface area contributed by atoms with Crippen molar-refractivity contribution in [3.05, 3.63) is 77.3 Å². The minimum atomic E-state index is -0.327. The molecule has 28 heavy (non-hydrogen) atoms. The highest BCUT2D eigenvalue weighted by Gasteiger charge is 2.25. The number of hydrogen-bond donors (Lipinski definition) is 1. The minimum absolute atomic E-state index is 0.0527. The Bertz CT molecular complexity index is 985. The molecule has 1 atom stereocenters. The predicted octanol–water partition coefficient (Wildman–Crippen LogP) is 3.54. The van der Waals surface area contributed by atoms with E-state index in [0.29, 0.717) is 17.0 Å². The van der Waals surface area contributed by atoms with E-state index in [1.54, 1.807) is 18.2 Å². The molecule has 3 aromatic rings. The molecule has 1 aliphatic heterocycles. The summed E-state index contributed by atoms with van der Waals surface area (Å²) < 4.78 is 18.6. The van der Waals surface area contributed by atoms with Crippen LogP contribution in [0.25, 0.3) is 11.3 Å². The van der Waals surface area contributed by atoms with Crippen LogP contribution in [0, 0.1) is 5.82 Å². The monoisotopic (exact) mass is 379 g/mol. The normalized spacial score (nSPS) is 15.1. The quantitative estimate of drug-likeness (QED) is 0.737. The molecule has 5 nitrogen and oxygen atoms in total. The third-order valence-electron chi connectivity index (χ3n) is 5.20. The van der Waals surface area contributed by atoms with E-state index in [0.717, 1.165) is 19.5 Å². The Balaban J connectivity index is 1.34. The van der Waals surface area contributed by atoms with Gasteiger partial charge in [-0.2, -0.15) is 0 Å². The molecule has 6 heteroatoms. The summed E-state index contributed by atoms with van der Waals surface area (Å²) in [6.45, 7) is 3.80. The van der Waals surface area contributed by atoms with Crippen molar-refractivity contribution in [3.8, 4) is 11.3 Å². The third kappa shape index (κ3) is 3.97. The largest absolute Gasteiger partial charge is 0.359 e. The molecule has 4 rings (SSSR count). The number of rotatable bonds is 5. The van der Waals surface area contributed by atoms with E-state index in [4.69, 9.17) is 4.52 Å². The number of halogens is 1. The van der Waals surface area contributed by atoms with Gasteiger partial charge in [0.2, 0.25) is 5.91 Å². The second kappa shape index (κ2) is 7.94. The molecule has 144 valence electrons. The molecular formula is C22H22FN3O2. The van der Waals surface area contributed by atoms with Gasteiger partial charge in [0.25, 0.3) is 0 Å². The number of nitrogens with one attached hydrogen (secondary N) is 1. The minimum Gasteiger partial charge on any atom is -0.359 e. The second-order valence-electron chi connectivity index (χ2n) is 7.07. The maximum absolute atomic E-state index is 13.4. The summed E-state index contributed by atoms with van der Waals surface area (Å²) >= 11 is 0. The summed E-state index contributed by atoms with van der Waals surface area (Å²) in [6.07, 6.45) is 0.951. The molecule has 1 N–H and O–H groups in total. The second-order valence-corrected chi connectivity index (χ2v) is 7.07. The van der Waals surface area contributed by atoms with E-state index in [2.05, 4.69) is 33.6 Å². The number of carbonyl (C=O) groups is 1. The molecule has 1 amide bonds. The van der Waals surface area contributed by atoms with Crippen LogP contribution in [0.5, 0.6) is 0 Å². The van der Waals surface area contributed by atoms with E-state index in [-0.39, 0.29) is 24.3 Å². The molecule has 0 aliphatic carbocycles. The lowest BCUT2D eigenvalue weighted by atomic mass is 9.99. The molecule has 0 spiro atoms. The van der Waals surface area contributed by atoms with E-state index in [1.165, 1.54) is 23.3 Å². The van der Waals surface area contributed by atoms with Gasteiger partial charge < -0.3 is 9.84 Å². The maximum atomic E-state index is 13.4. The third-order valence-corrected chi connectivity index (χ3v) is 5.20. The van der Waals surface area contributed by atoms with Crippen molar-refractivity contribution in [3.63, 3.8) is 0 Å². The predicted molar refractivity (Wildman–Crippen MR) is 104 cm³/mol. The Hall–Kier alpha value is -2.99. The van der Waals surface area contributed by atoms with E-state index in [9.17, 15) is 9.18 Å². The van der Waals surface area contributed by atoms with Gasteiger partial charge in [-0.3, -0.25) is 9.69 Å². The topological polar surface area (TPSA) is 58.4 Å². The van der Waals surface area contributed by atoms with Crippen LogP contribution in [0.4, 0.5) is 4.39 Å². The summed E-state index contributed by atoms with van der Waals surface area (Å²) in [4.78, 5) is 14.8. The number of benzene rings is 2.